The van der Waals surface area contributed by atoms with Crippen molar-refractivity contribution in [3.8, 4) is 0 Å². The third kappa shape index (κ3) is 2.75. The number of hydrogen-bond acceptors (Lipinski definition) is 4. The lowest BCUT2D eigenvalue weighted by Gasteiger charge is -2.35. The first-order valence-corrected chi connectivity index (χ1v) is 7.91. The van der Waals surface area contributed by atoms with Crippen LogP contribution in [0.3, 0.4) is 0 Å². The summed E-state index contributed by atoms with van der Waals surface area (Å²) >= 11 is 3.42. The average molecular weight is 352 g/mol. The molecule has 1 aromatic rings. The van der Waals surface area contributed by atoms with Crippen LogP contribution >= 0.6 is 15.9 Å². The molecule has 0 aliphatic carbocycles. The first kappa shape index (κ1) is 14.7. The van der Waals surface area contributed by atoms with Crippen LogP contribution in [0.1, 0.15) is 6.42 Å². The van der Waals surface area contributed by atoms with Gasteiger partial charge in [0.25, 0.3) is 5.91 Å². The van der Waals surface area contributed by atoms with Crippen LogP contribution in [0.15, 0.2) is 28.7 Å². The number of anilines is 1. The number of likely N-dealkylation sites (N-methyl/N-ethyl adjacent to an activating group) is 1. The van der Waals surface area contributed by atoms with Crippen molar-refractivity contribution in [2.45, 2.75) is 12.5 Å². The summed E-state index contributed by atoms with van der Waals surface area (Å²) in [5.74, 6) is -0.215. The zero-order valence-corrected chi connectivity index (χ0v) is 13.5. The molecule has 2 saturated heterocycles. The van der Waals surface area contributed by atoms with Gasteiger partial charge in [-0.05, 0) is 35.1 Å². The van der Waals surface area contributed by atoms with Gasteiger partial charge in [0, 0.05) is 30.7 Å². The lowest BCUT2D eigenvalue weighted by atomic mass is 10.2. The summed E-state index contributed by atoms with van der Waals surface area (Å²) in [4.78, 5) is 30.7. The van der Waals surface area contributed by atoms with Gasteiger partial charge >= 0.3 is 0 Å². The van der Waals surface area contributed by atoms with Gasteiger partial charge in [-0.15, -0.1) is 0 Å². The second-order valence-electron chi connectivity index (χ2n) is 5.58. The fourth-order valence-corrected chi connectivity index (χ4v) is 3.38. The Hall–Kier alpha value is -1.24. The van der Waals surface area contributed by atoms with Crippen molar-refractivity contribution in [3.63, 3.8) is 0 Å². The number of carbonyl (C=O) groups is 2. The lowest BCUT2D eigenvalue weighted by Crippen LogP contribution is -2.51. The third-order valence-corrected chi connectivity index (χ3v) is 4.87. The maximum Gasteiger partial charge on any atom is 0.251 e. The Kier molecular flexibility index (Phi) is 4.10. The maximum absolute atomic E-state index is 12.7. The fraction of sp³-hybridized carbons (Fsp3) is 0.467. The van der Waals surface area contributed by atoms with Gasteiger partial charge in [0.05, 0.1) is 18.2 Å². The van der Waals surface area contributed by atoms with Gasteiger partial charge in [0.1, 0.15) is 0 Å². The molecule has 0 radical (unpaired) electrons. The molecule has 2 aliphatic rings. The van der Waals surface area contributed by atoms with Gasteiger partial charge in [-0.3, -0.25) is 14.5 Å². The van der Waals surface area contributed by atoms with Crippen LogP contribution in [0.4, 0.5) is 5.69 Å². The molecule has 112 valence electrons. The van der Waals surface area contributed by atoms with Gasteiger partial charge in [-0.25, -0.2) is 4.90 Å². The second kappa shape index (κ2) is 5.87. The molecule has 0 spiro atoms. The van der Waals surface area contributed by atoms with E-state index in [0.29, 0.717) is 5.69 Å². The van der Waals surface area contributed by atoms with E-state index in [1.165, 1.54) is 4.90 Å². The Morgan fingerprint density at radius 3 is 2.43 bits per heavy atom. The standard InChI is InChI=1S/C15H18BrN3O2/c1-17-6-8-18(9-7-17)13-10-14(20)19(15(13)21)12-5-3-2-4-11(12)16/h2-5,13H,6-10H2,1H3/t13-/m0/s1. The summed E-state index contributed by atoms with van der Waals surface area (Å²) < 4.78 is 0.769. The summed E-state index contributed by atoms with van der Waals surface area (Å²) in [6.07, 6.45) is 0.282. The minimum Gasteiger partial charge on any atom is -0.304 e. The molecule has 3 rings (SSSR count). The number of halogens is 1. The molecule has 2 aliphatic heterocycles. The highest BCUT2D eigenvalue weighted by atomic mass is 79.9. The Morgan fingerprint density at radius 1 is 1.10 bits per heavy atom. The fourth-order valence-electron chi connectivity index (χ4n) is 2.92. The minimum atomic E-state index is -0.307. The van der Waals surface area contributed by atoms with Gasteiger partial charge in [-0.1, -0.05) is 12.1 Å². The molecule has 5 nitrogen and oxygen atoms in total. The number of amides is 2. The molecular weight excluding hydrogens is 334 g/mol. The molecule has 1 atom stereocenters. The molecular formula is C15H18BrN3O2. The zero-order valence-electron chi connectivity index (χ0n) is 12.0. The van der Waals surface area contributed by atoms with Crippen LogP contribution in [0.25, 0.3) is 0 Å². The van der Waals surface area contributed by atoms with Crippen LogP contribution < -0.4 is 4.90 Å². The van der Waals surface area contributed by atoms with Crippen molar-refractivity contribution in [2.75, 3.05) is 38.1 Å². The van der Waals surface area contributed by atoms with Gasteiger partial charge in [-0.2, -0.15) is 0 Å². The Bertz CT molecular complexity index is 570. The van der Waals surface area contributed by atoms with E-state index in [1.54, 1.807) is 6.07 Å². The Morgan fingerprint density at radius 2 is 1.76 bits per heavy atom. The normalized spacial score (nSPS) is 24.9. The highest BCUT2D eigenvalue weighted by Crippen LogP contribution is 2.31. The molecule has 2 heterocycles. The van der Waals surface area contributed by atoms with Gasteiger partial charge in [0.15, 0.2) is 0 Å². The molecule has 1 aromatic carbocycles. The van der Waals surface area contributed by atoms with E-state index in [4.69, 9.17) is 0 Å². The Balaban J connectivity index is 1.81. The first-order valence-electron chi connectivity index (χ1n) is 7.12. The van der Waals surface area contributed by atoms with Crippen molar-refractivity contribution in [3.05, 3.63) is 28.7 Å². The highest BCUT2D eigenvalue weighted by Gasteiger charge is 2.43. The topological polar surface area (TPSA) is 43.9 Å². The number of hydrogen-bond donors (Lipinski definition) is 0. The van der Waals surface area contributed by atoms with Crippen molar-refractivity contribution >= 4 is 33.4 Å². The van der Waals surface area contributed by atoms with Gasteiger partial charge in [0.2, 0.25) is 5.91 Å². The summed E-state index contributed by atoms with van der Waals surface area (Å²) in [6.45, 7) is 3.55. The molecule has 0 saturated carbocycles. The van der Waals surface area contributed by atoms with E-state index in [0.717, 1.165) is 30.7 Å². The van der Waals surface area contributed by atoms with Crippen LogP contribution in [0, 0.1) is 0 Å². The summed E-state index contributed by atoms with van der Waals surface area (Å²) in [7, 11) is 2.08. The van der Waals surface area contributed by atoms with Crippen molar-refractivity contribution in [2.24, 2.45) is 0 Å². The van der Waals surface area contributed by atoms with Crippen LogP contribution in [0.2, 0.25) is 0 Å². The van der Waals surface area contributed by atoms with Crippen molar-refractivity contribution < 1.29 is 9.59 Å². The van der Waals surface area contributed by atoms with Crippen LogP contribution in [0.5, 0.6) is 0 Å². The van der Waals surface area contributed by atoms with Gasteiger partial charge < -0.3 is 4.90 Å². The predicted octanol–water partition coefficient (Wildman–Crippen LogP) is 1.33. The first-order chi connectivity index (χ1) is 10.1. The number of imide groups is 1. The Labute approximate surface area is 132 Å². The van der Waals surface area contributed by atoms with E-state index in [1.807, 2.05) is 18.2 Å². The highest BCUT2D eigenvalue weighted by molar-refractivity contribution is 9.10. The molecule has 0 unspecified atom stereocenters. The summed E-state index contributed by atoms with van der Waals surface area (Å²) in [6, 6.07) is 7.05. The number of piperazine rings is 1. The largest absolute Gasteiger partial charge is 0.304 e. The zero-order chi connectivity index (χ0) is 15.0. The van der Waals surface area contributed by atoms with E-state index in [-0.39, 0.29) is 24.3 Å². The van der Waals surface area contributed by atoms with Crippen LogP contribution in [-0.2, 0) is 9.59 Å². The number of para-hydroxylation sites is 1. The summed E-state index contributed by atoms with van der Waals surface area (Å²) in [5, 5.41) is 0. The molecule has 0 bridgehead atoms. The monoisotopic (exact) mass is 351 g/mol. The minimum absolute atomic E-state index is 0.101. The van der Waals surface area contributed by atoms with Crippen molar-refractivity contribution in [1.29, 1.82) is 0 Å². The SMILES string of the molecule is CN1CCN([C@H]2CC(=O)N(c3ccccc3Br)C2=O)CC1. The maximum atomic E-state index is 12.7. The van der Waals surface area contributed by atoms with E-state index in [2.05, 4.69) is 32.8 Å². The number of benzene rings is 1. The van der Waals surface area contributed by atoms with E-state index in [9.17, 15) is 9.59 Å². The molecule has 0 aromatic heterocycles. The third-order valence-electron chi connectivity index (χ3n) is 4.19. The lowest BCUT2D eigenvalue weighted by molar-refractivity contribution is -0.123. The quantitative estimate of drug-likeness (QED) is 0.754. The predicted molar refractivity (Wildman–Crippen MR) is 84.1 cm³/mol. The smallest absolute Gasteiger partial charge is 0.251 e. The number of carbonyl (C=O) groups excluding carboxylic acids is 2. The number of rotatable bonds is 2. The van der Waals surface area contributed by atoms with E-state index < -0.39 is 0 Å². The molecule has 2 fully saturated rings. The number of nitrogens with zero attached hydrogens (tertiary/aromatic N) is 3. The van der Waals surface area contributed by atoms with Crippen LogP contribution in [-0.4, -0.2) is 60.9 Å². The molecule has 6 heteroatoms. The summed E-state index contributed by atoms with van der Waals surface area (Å²) in [5.41, 5.74) is 0.643. The van der Waals surface area contributed by atoms with E-state index >= 15 is 0 Å². The molecule has 0 N–H and O–H groups in total. The molecule has 2 amide bonds. The van der Waals surface area contributed by atoms with Crippen molar-refractivity contribution in [1.82, 2.24) is 9.80 Å². The average Bonchev–Trinajstić information content (AvgIpc) is 2.76. The second-order valence-corrected chi connectivity index (χ2v) is 6.43. The molecule has 21 heavy (non-hydrogen) atoms.